The molecule has 2 aromatic carbocycles. The van der Waals surface area contributed by atoms with Crippen LogP contribution in [0.3, 0.4) is 0 Å². The van der Waals surface area contributed by atoms with Crippen LogP contribution in [-0.4, -0.2) is 38.5 Å². The van der Waals surface area contributed by atoms with E-state index in [4.69, 9.17) is 19.6 Å². The van der Waals surface area contributed by atoms with E-state index in [1.54, 1.807) is 7.11 Å². The Morgan fingerprint density at radius 2 is 1.71 bits per heavy atom. The summed E-state index contributed by atoms with van der Waals surface area (Å²) < 4.78 is 13.5. The number of fused-ring (bicyclic) bond motifs is 1. The second-order valence-electron chi connectivity index (χ2n) is 9.78. The van der Waals surface area contributed by atoms with Crippen molar-refractivity contribution in [2.75, 3.05) is 13.7 Å². The summed E-state index contributed by atoms with van der Waals surface area (Å²) in [6.45, 7) is 6.84. The van der Waals surface area contributed by atoms with Crippen molar-refractivity contribution in [3.8, 4) is 22.9 Å². The second-order valence-corrected chi connectivity index (χ2v) is 9.78. The fourth-order valence-corrected chi connectivity index (χ4v) is 4.71. The van der Waals surface area contributed by atoms with Crippen molar-refractivity contribution >= 4 is 11.7 Å². The molecule has 0 aliphatic heterocycles. The maximum atomic E-state index is 10.0. The molecule has 0 bridgehead atoms. The lowest BCUT2D eigenvalue weighted by Gasteiger charge is -2.10. The molecule has 0 aliphatic carbocycles. The van der Waals surface area contributed by atoms with Gasteiger partial charge in [0, 0.05) is 11.1 Å². The Balaban J connectivity index is 1.65. The summed E-state index contributed by atoms with van der Waals surface area (Å²) in [4.78, 5) is 4.86. The molecular formula is C31H39N3O4. The number of hydrogen-bond donors (Lipinski definition) is 2. The zero-order chi connectivity index (χ0) is 27.1. The van der Waals surface area contributed by atoms with Crippen LogP contribution in [0.15, 0.2) is 36.4 Å². The molecule has 0 saturated carbocycles. The topological polar surface area (TPSA) is 89.1 Å². The zero-order valence-electron chi connectivity index (χ0n) is 23.0. The van der Waals surface area contributed by atoms with Gasteiger partial charge in [-0.3, -0.25) is 0 Å². The van der Waals surface area contributed by atoms with Gasteiger partial charge in [-0.1, -0.05) is 57.2 Å². The maximum absolute atomic E-state index is 10.0. The highest BCUT2D eigenvalue weighted by Gasteiger charge is 2.17. The summed E-state index contributed by atoms with van der Waals surface area (Å²) in [6.07, 6.45) is 9.30. The summed E-state index contributed by atoms with van der Waals surface area (Å²) in [6, 6.07) is 11.4. The molecule has 0 saturated heterocycles. The highest BCUT2D eigenvalue weighted by molar-refractivity contribution is 5.68. The molecule has 0 atom stereocenters. The van der Waals surface area contributed by atoms with E-state index in [9.17, 15) is 10.2 Å². The first-order chi connectivity index (χ1) is 18.5. The fraction of sp³-hybridized carbons (Fsp3) is 0.419. The van der Waals surface area contributed by atoms with Crippen molar-refractivity contribution in [1.82, 2.24) is 14.6 Å². The van der Waals surface area contributed by atoms with Gasteiger partial charge >= 0.3 is 0 Å². The van der Waals surface area contributed by atoms with Crippen LogP contribution in [0, 0.1) is 13.8 Å². The van der Waals surface area contributed by atoms with E-state index in [0.717, 1.165) is 56.5 Å². The molecular weight excluding hydrogens is 478 g/mol. The van der Waals surface area contributed by atoms with E-state index in [2.05, 4.69) is 13.8 Å². The third-order valence-electron chi connectivity index (χ3n) is 7.15. The van der Waals surface area contributed by atoms with Crippen LogP contribution in [0.25, 0.3) is 23.1 Å². The number of aliphatic hydroxyl groups is 2. The van der Waals surface area contributed by atoms with Crippen LogP contribution in [0.1, 0.15) is 73.3 Å². The molecule has 4 aromatic rings. The third-order valence-corrected chi connectivity index (χ3v) is 7.15. The van der Waals surface area contributed by atoms with Crippen molar-refractivity contribution in [2.24, 2.45) is 0 Å². The number of aliphatic hydroxyl groups excluding tert-OH is 2. The Labute approximate surface area is 224 Å². The average molecular weight is 518 g/mol. The minimum atomic E-state index is -0.109. The fourth-order valence-electron chi connectivity index (χ4n) is 4.71. The quantitative estimate of drug-likeness (QED) is 0.234. The van der Waals surface area contributed by atoms with Gasteiger partial charge in [0.2, 0.25) is 0 Å². The lowest BCUT2D eigenvalue weighted by molar-refractivity contribution is 0.281. The number of methoxy groups -OCH3 is 1. The molecule has 2 aromatic heterocycles. The number of nitrogens with zero attached hydrogens (tertiary/aromatic N) is 3. The second kappa shape index (κ2) is 12.9. The van der Waals surface area contributed by atoms with Crippen LogP contribution >= 0.6 is 0 Å². The lowest BCUT2D eigenvalue weighted by atomic mass is 10.1. The smallest absolute Gasteiger partial charge is 0.182 e. The van der Waals surface area contributed by atoms with Crippen molar-refractivity contribution in [2.45, 2.75) is 72.5 Å². The molecule has 0 unspecified atom stereocenters. The van der Waals surface area contributed by atoms with Crippen LogP contribution < -0.4 is 14.8 Å². The Kier molecular flexibility index (Phi) is 9.37. The number of ether oxygens (including phenoxy) is 2. The van der Waals surface area contributed by atoms with E-state index in [1.807, 2.05) is 53.9 Å². The highest BCUT2D eigenvalue weighted by Crippen LogP contribution is 2.28. The van der Waals surface area contributed by atoms with Gasteiger partial charge in [0.05, 0.1) is 32.3 Å². The first-order valence-corrected chi connectivity index (χ1v) is 13.5. The SMILES string of the molecule is CCCCCCCCOc1ccc(CO)c(-c2nc3c(C)c(C)/c(=C\c4ccc(CO)cc4OC)n3n2)c1. The van der Waals surface area contributed by atoms with Gasteiger partial charge in [0.25, 0.3) is 0 Å². The number of benzene rings is 2. The van der Waals surface area contributed by atoms with E-state index in [1.165, 1.54) is 32.1 Å². The van der Waals surface area contributed by atoms with Crippen LogP contribution in [0.5, 0.6) is 11.5 Å². The van der Waals surface area contributed by atoms with Crippen molar-refractivity contribution in [3.05, 3.63) is 69.6 Å². The van der Waals surface area contributed by atoms with Gasteiger partial charge in [-0.25, -0.2) is 9.50 Å². The van der Waals surface area contributed by atoms with E-state index in [0.29, 0.717) is 18.2 Å². The van der Waals surface area contributed by atoms with Gasteiger partial charge in [-0.05, 0) is 66.8 Å². The standard InChI is InChI=1S/C31H39N3O4/c1-5-6-7-8-9-10-15-38-26-14-13-25(20-36)27(18-26)30-32-31-22(3)21(2)28(34(31)33-30)17-24-12-11-23(19-35)16-29(24)37-4/h11-14,16-18,35-36H,5-10,15,19-20H2,1-4H3/b28-17+. The van der Waals surface area contributed by atoms with Gasteiger partial charge < -0.3 is 19.7 Å². The van der Waals surface area contributed by atoms with E-state index < -0.39 is 0 Å². The van der Waals surface area contributed by atoms with Crippen molar-refractivity contribution in [1.29, 1.82) is 0 Å². The highest BCUT2D eigenvalue weighted by atomic mass is 16.5. The van der Waals surface area contributed by atoms with Crippen LogP contribution in [0.4, 0.5) is 0 Å². The minimum absolute atomic E-state index is 0.0449. The molecule has 0 aliphatic rings. The molecule has 0 radical (unpaired) electrons. The summed E-state index contributed by atoms with van der Waals surface area (Å²) in [5, 5.41) is 25.3. The summed E-state index contributed by atoms with van der Waals surface area (Å²) in [7, 11) is 1.62. The molecule has 38 heavy (non-hydrogen) atoms. The molecule has 2 N–H and O–H groups in total. The predicted molar refractivity (Wildman–Crippen MR) is 150 cm³/mol. The first-order valence-electron chi connectivity index (χ1n) is 13.5. The van der Waals surface area contributed by atoms with Crippen LogP contribution in [-0.2, 0) is 13.2 Å². The molecule has 0 fully saturated rings. The number of aromatic nitrogens is 3. The number of unbranched alkanes of at least 4 members (excludes halogenated alkanes) is 5. The predicted octanol–water partition coefficient (Wildman–Crippen LogP) is 5.29. The van der Waals surface area contributed by atoms with Gasteiger partial charge in [-0.15, -0.1) is 5.10 Å². The third kappa shape index (κ3) is 6.00. The molecule has 2 heterocycles. The Hall–Kier alpha value is -3.42. The monoisotopic (exact) mass is 517 g/mol. The summed E-state index contributed by atoms with van der Waals surface area (Å²) >= 11 is 0. The molecule has 0 spiro atoms. The lowest BCUT2D eigenvalue weighted by Crippen LogP contribution is -2.13. The van der Waals surface area contributed by atoms with E-state index in [-0.39, 0.29) is 13.2 Å². The Morgan fingerprint density at radius 3 is 2.45 bits per heavy atom. The van der Waals surface area contributed by atoms with Gasteiger partial charge in [0.1, 0.15) is 11.5 Å². The summed E-state index contributed by atoms with van der Waals surface area (Å²) in [5.74, 6) is 1.99. The zero-order valence-corrected chi connectivity index (χ0v) is 23.0. The minimum Gasteiger partial charge on any atom is -0.496 e. The molecule has 0 amide bonds. The van der Waals surface area contributed by atoms with Crippen molar-refractivity contribution in [3.63, 3.8) is 0 Å². The largest absolute Gasteiger partial charge is 0.496 e. The first kappa shape index (κ1) is 27.6. The number of rotatable bonds is 13. The number of hydrogen-bond acceptors (Lipinski definition) is 6. The normalized spacial score (nSPS) is 12.0. The van der Waals surface area contributed by atoms with Crippen molar-refractivity contribution < 1.29 is 19.7 Å². The molecule has 7 nitrogen and oxygen atoms in total. The van der Waals surface area contributed by atoms with Crippen LogP contribution in [0.2, 0.25) is 0 Å². The maximum Gasteiger partial charge on any atom is 0.182 e. The number of aryl methyl sites for hydroxylation is 1. The molecule has 7 heteroatoms. The van der Waals surface area contributed by atoms with Gasteiger partial charge in [0.15, 0.2) is 11.5 Å². The molecule has 4 rings (SSSR count). The molecule has 202 valence electrons. The Morgan fingerprint density at radius 1 is 0.921 bits per heavy atom. The average Bonchev–Trinajstić information content (AvgIpc) is 3.47. The van der Waals surface area contributed by atoms with Gasteiger partial charge in [-0.2, -0.15) is 0 Å². The Bertz CT molecular complexity index is 1430. The van der Waals surface area contributed by atoms with E-state index >= 15 is 0 Å². The summed E-state index contributed by atoms with van der Waals surface area (Å²) in [5.41, 5.74) is 6.10.